The van der Waals surface area contributed by atoms with E-state index in [1.54, 1.807) is 30.5 Å². The van der Waals surface area contributed by atoms with Crippen LogP contribution < -0.4 is 0 Å². The highest BCUT2D eigenvalue weighted by Crippen LogP contribution is 2.27. The Morgan fingerprint density at radius 1 is 1.08 bits per heavy atom. The van der Waals surface area contributed by atoms with E-state index < -0.39 is 12.0 Å². The quantitative estimate of drug-likeness (QED) is 0.644. The molecule has 26 heavy (non-hydrogen) atoms. The van der Waals surface area contributed by atoms with Gasteiger partial charge in [-0.25, -0.2) is 9.69 Å². The molecule has 7 heteroatoms. The molecule has 5 nitrogen and oxygen atoms in total. The van der Waals surface area contributed by atoms with Gasteiger partial charge in [-0.15, -0.1) is 0 Å². The smallest absolute Gasteiger partial charge is 0.404 e. The van der Waals surface area contributed by atoms with Crippen molar-refractivity contribution in [2.24, 2.45) is 0 Å². The van der Waals surface area contributed by atoms with Crippen molar-refractivity contribution in [3.8, 4) is 0 Å². The molecule has 3 aromatic rings. The van der Waals surface area contributed by atoms with Gasteiger partial charge >= 0.3 is 6.09 Å². The van der Waals surface area contributed by atoms with Crippen molar-refractivity contribution < 1.29 is 14.3 Å². The monoisotopic (exact) mass is 386 g/mol. The fraction of sp³-hybridized carbons (Fsp3) is 0.0526. The largest absolute Gasteiger partial charge is 0.422 e. The zero-order chi connectivity index (χ0) is 18.3. The summed E-state index contributed by atoms with van der Waals surface area (Å²) in [6, 6.07) is 12.5. The fourth-order valence-electron chi connectivity index (χ4n) is 2.88. The molecule has 1 saturated heterocycles. The van der Waals surface area contributed by atoms with E-state index in [1.165, 1.54) is 0 Å². The maximum atomic E-state index is 12.6. The van der Waals surface area contributed by atoms with Gasteiger partial charge in [0.15, 0.2) is 5.76 Å². The summed E-state index contributed by atoms with van der Waals surface area (Å²) in [4.78, 5) is 28.8. The Kier molecular flexibility index (Phi) is 4.18. The number of carbonyl (C=O) groups is 2. The fourth-order valence-corrected chi connectivity index (χ4v) is 3.45. The van der Waals surface area contributed by atoms with E-state index in [1.807, 2.05) is 24.3 Å². The Morgan fingerprint density at radius 3 is 2.58 bits per heavy atom. The second-order valence-corrected chi connectivity index (χ2v) is 6.71. The number of nitrogens with one attached hydrogen (secondary N) is 1. The van der Waals surface area contributed by atoms with Crippen LogP contribution in [0.2, 0.25) is 10.0 Å². The number of aromatic amines is 1. The van der Waals surface area contributed by atoms with Crippen molar-refractivity contribution >= 4 is 52.2 Å². The Hall–Kier alpha value is -2.76. The predicted octanol–water partition coefficient (Wildman–Crippen LogP) is 4.99. The number of hydrogen-bond donors (Lipinski definition) is 1. The molecule has 1 fully saturated rings. The molecular weight excluding hydrogens is 375 g/mol. The minimum absolute atomic E-state index is 0.0205. The number of H-pyrrole nitrogens is 1. The number of cyclic esters (lactones) is 1. The van der Waals surface area contributed by atoms with Gasteiger partial charge in [-0.05, 0) is 35.9 Å². The minimum atomic E-state index is -0.725. The first-order chi connectivity index (χ1) is 12.5. The van der Waals surface area contributed by atoms with Gasteiger partial charge in [0, 0.05) is 32.7 Å². The number of aromatic nitrogens is 1. The Bertz CT molecular complexity index is 1050. The van der Waals surface area contributed by atoms with Gasteiger partial charge in [0.25, 0.3) is 5.91 Å². The number of para-hydroxylation sites is 1. The number of ether oxygens (including phenoxy) is 1. The minimum Gasteiger partial charge on any atom is -0.404 e. The molecule has 4 rings (SSSR count). The van der Waals surface area contributed by atoms with Crippen LogP contribution in [0.5, 0.6) is 0 Å². The topological polar surface area (TPSA) is 62.4 Å². The van der Waals surface area contributed by atoms with Crippen LogP contribution in [0.25, 0.3) is 17.0 Å². The van der Waals surface area contributed by atoms with E-state index in [0.29, 0.717) is 15.6 Å². The van der Waals surface area contributed by atoms with Gasteiger partial charge in [-0.1, -0.05) is 41.4 Å². The third kappa shape index (κ3) is 3.07. The number of nitrogens with zero attached hydrogens (tertiary/aromatic N) is 1. The van der Waals surface area contributed by atoms with Crippen molar-refractivity contribution in [1.29, 1.82) is 0 Å². The molecule has 0 saturated carbocycles. The molecule has 0 radical (unpaired) electrons. The Morgan fingerprint density at radius 2 is 1.81 bits per heavy atom. The lowest BCUT2D eigenvalue weighted by Crippen LogP contribution is -2.28. The van der Waals surface area contributed by atoms with Gasteiger partial charge in [0.1, 0.15) is 0 Å². The van der Waals surface area contributed by atoms with E-state index >= 15 is 0 Å². The summed E-state index contributed by atoms with van der Waals surface area (Å²) < 4.78 is 5.16. The normalized spacial score (nSPS) is 15.9. The Balaban J connectivity index is 1.62. The third-order valence-corrected chi connectivity index (χ3v) is 4.48. The molecule has 0 bridgehead atoms. The second-order valence-electron chi connectivity index (χ2n) is 5.84. The van der Waals surface area contributed by atoms with Crippen LogP contribution in [-0.2, 0) is 16.1 Å². The summed E-state index contributed by atoms with van der Waals surface area (Å²) in [5, 5.41) is 1.80. The highest BCUT2D eigenvalue weighted by molar-refractivity contribution is 6.34. The molecule has 2 heterocycles. The summed E-state index contributed by atoms with van der Waals surface area (Å²) in [5.74, 6) is -0.524. The second kappa shape index (κ2) is 6.52. The first-order valence-corrected chi connectivity index (χ1v) is 8.53. The first-order valence-electron chi connectivity index (χ1n) is 7.78. The number of carbonyl (C=O) groups excluding carboxylic acids is 2. The summed E-state index contributed by atoms with van der Waals surface area (Å²) in [5.41, 5.74) is 2.34. The van der Waals surface area contributed by atoms with Crippen molar-refractivity contribution in [1.82, 2.24) is 9.88 Å². The molecule has 0 atom stereocenters. The molecule has 1 N–H and O–H groups in total. The highest BCUT2D eigenvalue weighted by Gasteiger charge is 2.36. The lowest BCUT2D eigenvalue weighted by Gasteiger charge is -2.10. The number of imide groups is 1. The van der Waals surface area contributed by atoms with Crippen LogP contribution in [-0.4, -0.2) is 21.9 Å². The molecule has 2 aromatic carbocycles. The van der Waals surface area contributed by atoms with Crippen LogP contribution in [0.15, 0.2) is 54.4 Å². The SMILES string of the molecule is O=C1OC(=Cc2c[nH]c3ccccc23)C(=O)N1Cc1cc(Cl)cc(Cl)c1. The standard InChI is InChI=1S/C19H12Cl2N2O3/c20-13-5-11(6-14(21)8-13)10-23-18(24)17(26-19(23)25)7-12-9-22-16-4-2-1-3-15(12)16/h1-9,22H,10H2. The molecule has 0 aliphatic carbocycles. The van der Waals surface area contributed by atoms with E-state index in [4.69, 9.17) is 27.9 Å². The average molecular weight is 387 g/mol. The summed E-state index contributed by atoms with van der Waals surface area (Å²) in [6.45, 7) is 0.0309. The number of rotatable bonds is 3. The number of halogens is 2. The van der Waals surface area contributed by atoms with E-state index in [0.717, 1.165) is 21.4 Å². The molecule has 1 aromatic heterocycles. The summed E-state index contributed by atoms with van der Waals surface area (Å²) >= 11 is 11.9. The van der Waals surface area contributed by atoms with Crippen LogP contribution in [0, 0.1) is 0 Å². The number of amides is 2. The molecule has 1 aliphatic rings. The molecular formula is C19H12Cl2N2O3. The van der Waals surface area contributed by atoms with Gasteiger partial charge in [-0.3, -0.25) is 4.79 Å². The summed E-state index contributed by atoms with van der Waals surface area (Å²) in [7, 11) is 0. The zero-order valence-corrected chi connectivity index (χ0v) is 14.8. The van der Waals surface area contributed by atoms with Crippen LogP contribution in [0.1, 0.15) is 11.1 Å². The van der Waals surface area contributed by atoms with Gasteiger partial charge in [-0.2, -0.15) is 0 Å². The number of benzene rings is 2. The lowest BCUT2D eigenvalue weighted by molar-refractivity contribution is -0.123. The highest BCUT2D eigenvalue weighted by atomic mass is 35.5. The molecule has 130 valence electrons. The number of fused-ring (bicyclic) bond motifs is 1. The molecule has 0 spiro atoms. The zero-order valence-electron chi connectivity index (χ0n) is 13.3. The van der Waals surface area contributed by atoms with Crippen molar-refractivity contribution in [2.45, 2.75) is 6.54 Å². The summed E-state index contributed by atoms with van der Waals surface area (Å²) in [6.07, 6.45) is 2.60. The maximum absolute atomic E-state index is 12.6. The Labute approximate surface area is 158 Å². The van der Waals surface area contributed by atoms with Crippen molar-refractivity contribution in [3.05, 3.63) is 75.6 Å². The average Bonchev–Trinajstić information content (AvgIpc) is 3.11. The molecule has 0 unspecified atom stereocenters. The number of hydrogen-bond acceptors (Lipinski definition) is 3. The van der Waals surface area contributed by atoms with Crippen molar-refractivity contribution in [2.75, 3.05) is 0 Å². The first kappa shape index (κ1) is 16.7. The van der Waals surface area contributed by atoms with Crippen LogP contribution in [0.3, 0.4) is 0 Å². The van der Waals surface area contributed by atoms with E-state index in [9.17, 15) is 9.59 Å². The third-order valence-electron chi connectivity index (χ3n) is 4.04. The van der Waals surface area contributed by atoms with Crippen LogP contribution >= 0.6 is 23.2 Å². The van der Waals surface area contributed by atoms with E-state index in [-0.39, 0.29) is 12.3 Å². The van der Waals surface area contributed by atoms with E-state index in [2.05, 4.69) is 4.98 Å². The van der Waals surface area contributed by atoms with Gasteiger partial charge < -0.3 is 9.72 Å². The molecule has 2 amide bonds. The maximum Gasteiger partial charge on any atom is 0.422 e. The molecule has 1 aliphatic heterocycles. The van der Waals surface area contributed by atoms with Gasteiger partial charge in [0.05, 0.1) is 6.54 Å². The lowest BCUT2D eigenvalue weighted by atomic mass is 10.1. The van der Waals surface area contributed by atoms with Gasteiger partial charge in [0.2, 0.25) is 0 Å². The van der Waals surface area contributed by atoms with Crippen molar-refractivity contribution in [3.63, 3.8) is 0 Å². The predicted molar refractivity (Wildman–Crippen MR) is 99.8 cm³/mol. The van der Waals surface area contributed by atoms with Crippen LogP contribution in [0.4, 0.5) is 4.79 Å².